The Kier molecular flexibility index (Phi) is 10.1. The molecular formula is C33H34N4O5. The average molecular weight is 567 g/mol. The SMILES string of the molecule is COc1ccc(C(OCC(O)CC#Cc2c[nH]c(N=CN(C)C)nc2=O)(c2ccccc2)c2ccc(OC)cc2)cc1. The number of hydrogen-bond acceptors (Lipinski definition) is 7. The fourth-order valence-electron chi connectivity index (χ4n) is 4.33. The van der Waals surface area contributed by atoms with Crippen LogP contribution in [0.25, 0.3) is 0 Å². The molecule has 3 aromatic carbocycles. The summed E-state index contributed by atoms with van der Waals surface area (Å²) in [5.41, 5.74) is 1.22. The van der Waals surface area contributed by atoms with Gasteiger partial charge in [-0.2, -0.15) is 4.98 Å². The summed E-state index contributed by atoms with van der Waals surface area (Å²) in [6, 6.07) is 25.2. The Labute approximate surface area is 245 Å². The van der Waals surface area contributed by atoms with Crippen LogP contribution in [0.3, 0.4) is 0 Å². The average Bonchev–Trinajstić information content (AvgIpc) is 3.02. The summed E-state index contributed by atoms with van der Waals surface area (Å²) in [5.74, 6) is 7.28. The first kappa shape index (κ1) is 30.1. The van der Waals surface area contributed by atoms with Crippen LogP contribution >= 0.6 is 0 Å². The Bertz CT molecular complexity index is 1540. The van der Waals surface area contributed by atoms with Crippen LogP contribution in [0.5, 0.6) is 11.5 Å². The molecule has 0 radical (unpaired) electrons. The number of aliphatic hydroxyl groups is 1. The number of methoxy groups -OCH3 is 2. The molecule has 0 saturated heterocycles. The monoisotopic (exact) mass is 566 g/mol. The topological polar surface area (TPSA) is 109 Å². The van der Waals surface area contributed by atoms with Gasteiger partial charge in [-0.05, 0) is 41.0 Å². The zero-order valence-electron chi connectivity index (χ0n) is 24.1. The molecule has 4 rings (SSSR count). The lowest BCUT2D eigenvalue weighted by Crippen LogP contribution is -2.35. The van der Waals surface area contributed by atoms with Gasteiger partial charge in [-0.15, -0.1) is 0 Å². The molecule has 1 atom stereocenters. The van der Waals surface area contributed by atoms with Gasteiger partial charge in [-0.1, -0.05) is 66.4 Å². The van der Waals surface area contributed by atoms with E-state index in [1.54, 1.807) is 19.1 Å². The molecule has 1 unspecified atom stereocenters. The summed E-state index contributed by atoms with van der Waals surface area (Å²) < 4.78 is 17.5. The van der Waals surface area contributed by atoms with Crippen LogP contribution in [0.4, 0.5) is 5.95 Å². The number of H-pyrrole nitrogens is 1. The van der Waals surface area contributed by atoms with E-state index in [1.165, 1.54) is 12.5 Å². The molecule has 0 spiro atoms. The fraction of sp³-hybridized carbons (Fsp3) is 0.242. The van der Waals surface area contributed by atoms with Crippen LogP contribution in [0, 0.1) is 11.8 Å². The van der Waals surface area contributed by atoms with Gasteiger partial charge in [0.15, 0.2) is 0 Å². The molecule has 9 heteroatoms. The van der Waals surface area contributed by atoms with Crippen molar-refractivity contribution < 1.29 is 19.3 Å². The number of rotatable bonds is 11. The maximum atomic E-state index is 12.4. The summed E-state index contributed by atoms with van der Waals surface area (Å²) in [4.78, 5) is 24.9. The van der Waals surface area contributed by atoms with E-state index in [4.69, 9.17) is 14.2 Å². The maximum absolute atomic E-state index is 12.4. The Balaban J connectivity index is 1.62. The fourth-order valence-corrected chi connectivity index (χ4v) is 4.33. The number of aliphatic imine (C=N–C) groups is 1. The highest BCUT2D eigenvalue weighted by molar-refractivity contribution is 5.57. The van der Waals surface area contributed by atoms with Crippen molar-refractivity contribution in [1.29, 1.82) is 0 Å². The van der Waals surface area contributed by atoms with Gasteiger partial charge in [0.1, 0.15) is 22.7 Å². The van der Waals surface area contributed by atoms with Crippen LogP contribution in [-0.2, 0) is 10.3 Å². The molecule has 0 aliphatic heterocycles. The third-order valence-electron chi connectivity index (χ3n) is 6.42. The largest absolute Gasteiger partial charge is 0.497 e. The van der Waals surface area contributed by atoms with Crippen molar-refractivity contribution in [3.63, 3.8) is 0 Å². The van der Waals surface area contributed by atoms with Crippen molar-refractivity contribution in [2.75, 3.05) is 34.9 Å². The van der Waals surface area contributed by atoms with E-state index < -0.39 is 17.3 Å². The van der Waals surface area contributed by atoms with E-state index in [0.29, 0.717) is 11.5 Å². The van der Waals surface area contributed by atoms with Gasteiger partial charge in [0.05, 0.1) is 33.3 Å². The Hall–Kier alpha value is -4.91. The second-order valence-electron chi connectivity index (χ2n) is 9.63. The molecule has 0 saturated carbocycles. The molecule has 216 valence electrons. The summed E-state index contributed by atoms with van der Waals surface area (Å²) in [6.07, 6.45) is 2.14. The number of nitrogens with one attached hydrogen (secondary N) is 1. The molecule has 0 aliphatic carbocycles. The molecule has 1 heterocycles. The van der Waals surface area contributed by atoms with E-state index in [0.717, 1.165) is 16.7 Å². The highest BCUT2D eigenvalue weighted by Gasteiger charge is 2.38. The number of aliphatic hydroxyl groups excluding tert-OH is 1. The van der Waals surface area contributed by atoms with Gasteiger partial charge < -0.3 is 29.2 Å². The summed E-state index contributed by atoms with van der Waals surface area (Å²) in [7, 11) is 6.87. The van der Waals surface area contributed by atoms with Crippen molar-refractivity contribution in [2.45, 2.75) is 18.1 Å². The lowest BCUT2D eigenvalue weighted by Gasteiger charge is -2.36. The maximum Gasteiger partial charge on any atom is 0.290 e. The first-order chi connectivity index (χ1) is 20.3. The van der Waals surface area contributed by atoms with Crippen LogP contribution in [0.15, 0.2) is 94.8 Å². The minimum Gasteiger partial charge on any atom is -0.497 e. The second-order valence-corrected chi connectivity index (χ2v) is 9.63. The molecular weight excluding hydrogens is 532 g/mol. The molecule has 0 bridgehead atoms. The zero-order chi connectivity index (χ0) is 30.0. The van der Waals surface area contributed by atoms with E-state index in [1.807, 2.05) is 93.0 Å². The smallest absolute Gasteiger partial charge is 0.290 e. The number of aromatic nitrogens is 2. The quantitative estimate of drug-likeness (QED) is 0.122. The van der Waals surface area contributed by atoms with Crippen molar-refractivity contribution in [3.05, 3.63) is 118 Å². The Morgan fingerprint density at radius 1 is 0.952 bits per heavy atom. The number of hydrogen-bond donors (Lipinski definition) is 2. The van der Waals surface area contributed by atoms with E-state index >= 15 is 0 Å². The van der Waals surface area contributed by atoms with Gasteiger partial charge in [0.2, 0.25) is 5.95 Å². The third-order valence-corrected chi connectivity index (χ3v) is 6.42. The van der Waals surface area contributed by atoms with Gasteiger partial charge in [0, 0.05) is 26.7 Å². The second kappa shape index (κ2) is 14.1. The summed E-state index contributed by atoms with van der Waals surface area (Å²) in [5, 5.41) is 10.9. The predicted octanol–water partition coefficient (Wildman–Crippen LogP) is 4.12. The number of ether oxygens (including phenoxy) is 3. The summed E-state index contributed by atoms with van der Waals surface area (Å²) in [6.45, 7) is -0.0333. The lowest BCUT2D eigenvalue weighted by atomic mass is 9.80. The minimum absolute atomic E-state index is 0.0333. The first-order valence-electron chi connectivity index (χ1n) is 13.3. The number of aromatic amines is 1. The zero-order valence-corrected chi connectivity index (χ0v) is 24.1. The normalized spacial score (nSPS) is 11.9. The Morgan fingerprint density at radius 2 is 1.52 bits per heavy atom. The van der Waals surface area contributed by atoms with Crippen molar-refractivity contribution in [3.8, 4) is 23.3 Å². The van der Waals surface area contributed by atoms with Gasteiger partial charge >= 0.3 is 0 Å². The highest BCUT2D eigenvalue weighted by atomic mass is 16.5. The first-order valence-corrected chi connectivity index (χ1v) is 13.3. The van der Waals surface area contributed by atoms with Gasteiger partial charge in [0.25, 0.3) is 5.56 Å². The molecule has 1 aromatic heterocycles. The number of nitrogens with zero attached hydrogens (tertiary/aromatic N) is 3. The molecule has 9 nitrogen and oxygen atoms in total. The minimum atomic E-state index is -1.06. The van der Waals surface area contributed by atoms with E-state index in [-0.39, 0.29) is 24.5 Å². The number of benzene rings is 3. The van der Waals surface area contributed by atoms with E-state index in [9.17, 15) is 9.90 Å². The molecule has 42 heavy (non-hydrogen) atoms. The van der Waals surface area contributed by atoms with Crippen molar-refractivity contribution >= 4 is 12.3 Å². The van der Waals surface area contributed by atoms with Crippen LogP contribution < -0.4 is 15.0 Å². The van der Waals surface area contributed by atoms with Crippen LogP contribution in [0.1, 0.15) is 28.7 Å². The standard InChI is InChI=1S/C33H34N4O5/c1-37(2)23-35-32-34-21-24(31(39)36-32)9-8-12-28(38)22-42-33(25-10-6-5-7-11-25,26-13-17-29(40-3)18-14-26)27-15-19-30(41-4)20-16-27/h5-7,10-11,13-21,23,28,38H,12,22H2,1-4H3,(H,34,36,39). The van der Waals surface area contributed by atoms with Crippen molar-refractivity contribution in [1.82, 2.24) is 14.9 Å². The van der Waals surface area contributed by atoms with Crippen LogP contribution in [0.2, 0.25) is 0 Å². The summed E-state index contributed by atoms with van der Waals surface area (Å²) >= 11 is 0. The van der Waals surface area contributed by atoms with Crippen LogP contribution in [-0.4, -0.2) is 67.3 Å². The van der Waals surface area contributed by atoms with Gasteiger partial charge in [-0.3, -0.25) is 4.79 Å². The molecule has 4 aromatic rings. The molecule has 0 aliphatic rings. The van der Waals surface area contributed by atoms with E-state index in [2.05, 4.69) is 26.8 Å². The molecule has 0 fully saturated rings. The molecule has 0 amide bonds. The molecule has 2 N–H and O–H groups in total. The van der Waals surface area contributed by atoms with Crippen molar-refractivity contribution in [2.24, 2.45) is 4.99 Å². The lowest BCUT2D eigenvalue weighted by molar-refractivity contribution is -0.0363. The Morgan fingerprint density at radius 3 is 2.05 bits per heavy atom. The predicted molar refractivity (Wildman–Crippen MR) is 162 cm³/mol. The highest BCUT2D eigenvalue weighted by Crippen LogP contribution is 2.41. The van der Waals surface area contributed by atoms with Gasteiger partial charge in [-0.25, -0.2) is 4.99 Å². The third kappa shape index (κ3) is 7.23.